The van der Waals surface area contributed by atoms with Crippen LogP contribution in [0.5, 0.6) is 0 Å². The second-order valence-electron chi connectivity index (χ2n) is 7.52. The van der Waals surface area contributed by atoms with Crippen molar-refractivity contribution < 1.29 is 13.3 Å². The van der Waals surface area contributed by atoms with E-state index in [4.69, 9.17) is 0 Å². The van der Waals surface area contributed by atoms with Gasteiger partial charge in [0.2, 0.25) is 10.0 Å². The molecule has 9 nitrogen and oxygen atoms in total. The highest BCUT2D eigenvalue weighted by Crippen LogP contribution is 2.36. The molecule has 0 N–H and O–H groups in total. The summed E-state index contributed by atoms with van der Waals surface area (Å²) in [4.78, 5) is 12.6. The van der Waals surface area contributed by atoms with Crippen LogP contribution in [0.1, 0.15) is 36.4 Å². The molecule has 1 aromatic carbocycles. The van der Waals surface area contributed by atoms with Gasteiger partial charge < -0.3 is 4.57 Å². The van der Waals surface area contributed by atoms with Crippen molar-refractivity contribution in [3.8, 4) is 0 Å². The zero-order valence-electron chi connectivity index (χ0n) is 17.5. The van der Waals surface area contributed by atoms with E-state index < -0.39 is 14.9 Å². The summed E-state index contributed by atoms with van der Waals surface area (Å²) in [6.45, 7) is 0.886. The second-order valence-corrected chi connectivity index (χ2v) is 11.5. The van der Waals surface area contributed by atoms with Crippen LogP contribution in [0.25, 0.3) is 0 Å². The minimum absolute atomic E-state index is 0.0493. The summed E-state index contributed by atoms with van der Waals surface area (Å²) in [6.07, 6.45) is 4.21. The minimum Gasteiger partial charge on any atom is -0.309 e. The van der Waals surface area contributed by atoms with Crippen molar-refractivity contribution in [1.82, 2.24) is 19.1 Å². The maximum atomic E-state index is 13.1. The Balaban J connectivity index is 1.60. The highest BCUT2D eigenvalue weighted by atomic mass is 32.2. The summed E-state index contributed by atoms with van der Waals surface area (Å²) >= 11 is 2.73. The van der Waals surface area contributed by atoms with E-state index in [1.54, 1.807) is 15.9 Å². The molecule has 0 atom stereocenters. The van der Waals surface area contributed by atoms with Gasteiger partial charge in [0.15, 0.2) is 5.16 Å². The lowest BCUT2D eigenvalue weighted by Crippen LogP contribution is -2.31. The standard InChI is InChI=1S/C20H23N5O4S3/c1-23-19(13-15-7-6-12-30-15)21-22-20(23)31-18-9-8-16(14-17(18)25(26)27)32(28,29)24-10-4-2-3-5-11-24/h6-9,12,14H,2-5,10-11,13H2,1H3. The number of sulfonamides is 1. The third-order valence-corrected chi connectivity index (χ3v) is 9.24. The first-order chi connectivity index (χ1) is 15.4. The SMILES string of the molecule is Cn1c(Cc2cccs2)nnc1Sc1ccc(S(=O)(=O)N2CCCCCC2)cc1[N+](=O)[O-]. The summed E-state index contributed by atoms with van der Waals surface area (Å²) in [6, 6.07) is 8.07. The Morgan fingerprint density at radius 2 is 1.91 bits per heavy atom. The molecule has 1 fully saturated rings. The average molecular weight is 494 g/mol. The van der Waals surface area contributed by atoms with Gasteiger partial charge in [-0.3, -0.25) is 10.1 Å². The van der Waals surface area contributed by atoms with Crippen LogP contribution in [0.2, 0.25) is 0 Å². The maximum absolute atomic E-state index is 13.1. The van der Waals surface area contributed by atoms with Crippen LogP contribution in [0.3, 0.4) is 0 Å². The first kappa shape index (κ1) is 22.9. The molecule has 1 aliphatic heterocycles. The summed E-state index contributed by atoms with van der Waals surface area (Å²) in [5, 5.41) is 22.7. The van der Waals surface area contributed by atoms with Crippen LogP contribution < -0.4 is 0 Å². The van der Waals surface area contributed by atoms with E-state index in [2.05, 4.69) is 10.2 Å². The molecule has 0 amide bonds. The van der Waals surface area contributed by atoms with E-state index >= 15 is 0 Å². The van der Waals surface area contributed by atoms with Gasteiger partial charge in [-0.25, -0.2) is 8.42 Å². The van der Waals surface area contributed by atoms with Gasteiger partial charge in [-0.1, -0.05) is 18.9 Å². The van der Waals surface area contributed by atoms with Gasteiger partial charge in [0.05, 0.1) is 14.7 Å². The van der Waals surface area contributed by atoms with Gasteiger partial charge in [0.25, 0.3) is 5.69 Å². The lowest BCUT2D eigenvalue weighted by atomic mass is 10.2. The van der Waals surface area contributed by atoms with E-state index in [0.29, 0.717) is 29.6 Å². The molecular weight excluding hydrogens is 470 g/mol. The highest BCUT2D eigenvalue weighted by Gasteiger charge is 2.28. The van der Waals surface area contributed by atoms with Crippen molar-refractivity contribution in [3.63, 3.8) is 0 Å². The molecule has 0 bridgehead atoms. The first-order valence-electron chi connectivity index (χ1n) is 10.2. The number of nitro benzene ring substituents is 1. The number of rotatable bonds is 7. The molecular formula is C20H23N5O4S3. The Morgan fingerprint density at radius 1 is 1.16 bits per heavy atom. The molecule has 0 aliphatic carbocycles. The van der Waals surface area contributed by atoms with E-state index in [0.717, 1.165) is 54.2 Å². The molecule has 4 rings (SSSR count). The topological polar surface area (TPSA) is 111 Å². The molecule has 0 unspecified atom stereocenters. The van der Waals surface area contributed by atoms with Crippen molar-refractivity contribution in [2.45, 2.75) is 47.1 Å². The van der Waals surface area contributed by atoms with Crippen molar-refractivity contribution in [1.29, 1.82) is 0 Å². The van der Waals surface area contributed by atoms with Gasteiger partial charge in [0, 0.05) is 37.5 Å². The van der Waals surface area contributed by atoms with Crippen LogP contribution >= 0.6 is 23.1 Å². The quantitative estimate of drug-likeness (QED) is 0.360. The molecule has 2 aromatic heterocycles. The van der Waals surface area contributed by atoms with Gasteiger partial charge in [-0.05, 0) is 48.2 Å². The maximum Gasteiger partial charge on any atom is 0.284 e. The van der Waals surface area contributed by atoms with Crippen molar-refractivity contribution in [2.75, 3.05) is 13.1 Å². The van der Waals surface area contributed by atoms with Crippen LogP contribution in [0.4, 0.5) is 5.69 Å². The van der Waals surface area contributed by atoms with Crippen LogP contribution in [0, 0.1) is 10.1 Å². The van der Waals surface area contributed by atoms with Gasteiger partial charge in [0.1, 0.15) is 5.82 Å². The normalized spacial score (nSPS) is 15.5. The predicted octanol–water partition coefficient (Wildman–Crippen LogP) is 4.09. The van der Waals surface area contributed by atoms with E-state index in [1.807, 2.05) is 24.6 Å². The first-order valence-corrected chi connectivity index (χ1v) is 13.4. The van der Waals surface area contributed by atoms with Crippen LogP contribution in [-0.2, 0) is 23.5 Å². The van der Waals surface area contributed by atoms with Gasteiger partial charge >= 0.3 is 0 Å². The molecule has 0 spiro atoms. The summed E-state index contributed by atoms with van der Waals surface area (Å²) in [7, 11) is -1.96. The van der Waals surface area contributed by atoms with E-state index in [-0.39, 0.29) is 10.6 Å². The van der Waals surface area contributed by atoms with Crippen molar-refractivity contribution in [3.05, 3.63) is 56.5 Å². The number of hydrogen-bond acceptors (Lipinski definition) is 8. The fourth-order valence-corrected chi connectivity index (χ4v) is 6.71. The second kappa shape index (κ2) is 9.69. The number of nitro groups is 1. The molecule has 0 radical (unpaired) electrons. The van der Waals surface area contributed by atoms with Gasteiger partial charge in [-0.15, -0.1) is 21.5 Å². The zero-order chi connectivity index (χ0) is 22.7. The lowest BCUT2D eigenvalue weighted by molar-refractivity contribution is -0.388. The van der Waals surface area contributed by atoms with Crippen LogP contribution in [-0.4, -0.2) is 45.5 Å². The predicted molar refractivity (Wildman–Crippen MR) is 123 cm³/mol. The van der Waals surface area contributed by atoms with E-state index in [1.165, 1.54) is 16.4 Å². The molecule has 170 valence electrons. The minimum atomic E-state index is -3.78. The Bertz CT molecular complexity index is 1200. The molecule has 0 saturated carbocycles. The average Bonchev–Trinajstić information content (AvgIpc) is 3.29. The molecule has 3 aromatic rings. The Morgan fingerprint density at radius 3 is 2.56 bits per heavy atom. The number of aromatic nitrogens is 3. The Kier molecular flexibility index (Phi) is 6.93. The monoisotopic (exact) mass is 493 g/mol. The Hall–Kier alpha value is -2.28. The largest absolute Gasteiger partial charge is 0.309 e. The number of nitrogens with zero attached hydrogens (tertiary/aromatic N) is 5. The van der Waals surface area contributed by atoms with Gasteiger partial charge in [-0.2, -0.15) is 4.31 Å². The molecule has 3 heterocycles. The number of thiophene rings is 1. The molecule has 1 aliphatic rings. The fraction of sp³-hybridized carbons (Fsp3) is 0.400. The lowest BCUT2D eigenvalue weighted by Gasteiger charge is -2.20. The highest BCUT2D eigenvalue weighted by molar-refractivity contribution is 7.99. The summed E-state index contributed by atoms with van der Waals surface area (Å²) in [5.41, 5.74) is -0.256. The van der Waals surface area contributed by atoms with Crippen molar-refractivity contribution >= 4 is 38.8 Å². The van der Waals surface area contributed by atoms with E-state index in [9.17, 15) is 18.5 Å². The third kappa shape index (κ3) is 4.87. The van der Waals surface area contributed by atoms with Crippen LogP contribution in [0.15, 0.2) is 50.7 Å². The smallest absolute Gasteiger partial charge is 0.284 e. The third-order valence-electron chi connectivity index (χ3n) is 5.37. The molecule has 1 saturated heterocycles. The summed E-state index contributed by atoms with van der Waals surface area (Å²) in [5.74, 6) is 0.748. The molecule has 12 heteroatoms. The summed E-state index contributed by atoms with van der Waals surface area (Å²) < 4.78 is 29.4. The Labute approximate surface area is 194 Å². The fourth-order valence-electron chi connectivity index (χ4n) is 3.57. The van der Waals surface area contributed by atoms with Crippen molar-refractivity contribution in [2.24, 2.45) is 7.05 Å². The zero-order valence-corrected chi connectivity index (χ0v) is 20.0. The molecule has 32 heavy (non-hydrogen) atoms. The number of benzene rings is 1. The number of hydrogen-bond donors (Lipinski definition) is 0.